The fraction of sp³-hybridized carbons (Fsp3) is 0.720. The predicted octanol–water partition coefficient (Wildman–Crippen LogP) is 7.39. The normalized spacial score (nSPS) is 38.2. The van der Waals surface area contributed by atoms with E-state index in [1.54, 1.807) is 34.0 Å². The molecule has 352 valence electrons. The minimum Gasteiger partial charge on any atom is -0.456 e. The highest BCUT2D eigenvalue weighted by molar-refractivity contribution is 6.39. The number of ketones is 2. The second-order valence-corrected chi connectivity index (χ2v) is 19.0. The van der Waals surface area contributed by atoms with Crippen LogP contribution >= 0.6 is 0 Å². The van der Waals surface area contributed by atoms with Crippen molar-refractivity contribution in [1.29, 1.82) is 0 Å². The largest absolute Gasteiger partial charge is 0.456 e. The molecule has 2 N–H and O–H groups in total. The summed E-state index contributed by atoms with van der Waals surface area (Å²) in [6.45, 7) is 11.6. The Bertz CT molecular complexity index is 1770. The van der Waals surface area contributed by atoms with Crippen LogP contribution in [0.1, 0.15) is 124 Å². The molecule has 0 aromatic heterocycles. The Morgan fingerprint density at radius 2 is 1.65 bits per heavy atom. The topological polar surface area (TPSA) is 150 Å². The summed E-state index contributed by atoms with van der Waals surface area (Å²) in [5.41, 5.74) is 1.85. The second-order valence-electron chi connectivity index (χ2n) is 19.0. The van der Waals surface area contributed by atoms with Crippen LogP contribution in [0.25, 0.3) is 0 Å². The molecule has 63 heavy (non-hydrogen) atoms. The highest BCUT2D eigenvalue weighted by Gasteiger charge is 2.57. The third-order valence-electron chi connectivity index (χ3n) is 14.4. The van der Waals surface area contributed by atoms with Crippen molar-refractivity contribution >= 4 is 23.4 Å². The van der Waals surface area contributed by atoms with Crippen molar-refractivity contribution in [3.8, 4) is 0 Å². The number of carbonyl (C=O) groups is 4. The second kappa shape index (κ2) is 22.7. The first kappa shape index (κ1) is 50.7. The van der Waals surface area contributed by atoms with Crippen molar-refractivity contribution in [3.63, 3.8) is 0 Å². The molecule has 1 aliphatic carbocycles. The van der Waals surface area contributed by atoms with Gasteiger partial charge in [0.05, 0.1) is 18.3 Å². The molecular formula is C50H75FN2O10. The Kier molecular flexibility index (Phi) is 18.3. The first-order valence-corrected chi connectivity index (χ1v) is 23.4. The van der Waals surface area contributed by atoms with Crippen LogP contribution in [0.3, 0.4) is 0 Å². The van der Waals surface area contributed by atoms with Crippen LogP contribution in [0.4, 0.5) is 4.39 Å². The standard InChI is InChI=1S/C50H75FN2O10/c1-10-37-25-32(3)43(51)33(4)26-41(60-8)45-42(61-9)27-35(6)50(58,63-45)46(55)47(56)53-24-15-14-20-39(53)48(57)62-44(31(2)21-22-40(37)54)34(5)28-49(23-16-19-38(29-49)59-7)52-30-36-17-12-11-13-18-36/h11-13,17-18,25,28,31,33,35,37-39,41-45,52,58H,10,14-16,19-24,26-27,29-30H2,1-9H3/b32-25+,34-28?. The number of nitrogens with zero attached hydrogens (tertiary/aromatic N) is 1. The summed E-state index contributed by atoms with van der Waals surface area (Å²) in [7, 11) is 4.66. The van der Waals surface area contributed by atoms with Crippen molar-refractivity contribution in [2.75, 3.05) is 27.9 Å². The minimum atomic E-state index is -2.57. The lowest BCUT2D eigenvalue weighted by molar-refractivity contribution is -0.302. The van der Waals surface area contributed by atoms with E-state index in [-0.39, 0.29) is 50.0 Å². The number of benzene rings is 1. The van der Waals surface area contributed by atoms with Crippen LogP contribution in [0, 0.1) is 23.7 Å². The van der Waals surface area contributed by atoms with Gasteiger partial charge >= 0.3 is 5.97 Å². The number of alkyl halides is 1. The first-order chi connectivity index (χ1) is 30.0. The number of rotatable bonds is 9. The fourth-order valence-corrected chi connectivity index (χ4v) is 10.5. The van der Waals surface area contributed by atoms with Crippen LogP contribution in [0.2, 0.25) is 0 Å². The Labute approximate surface area is 375 Å². The molecule has 3 fully saturated rings. The number of piperidine rings is 1. The molecular weight excluding hydrogens is 808 g/mol. The fourth-order valence-electron chi connectivity index (χ4n) is 10.5. The van der Waals surface area contributed by atoms with Gasteiger partial charge in [0.2, 0.25) is 5.79 Å². The summed E-state index contributed by atoms with van der Waals surface area (Å²) in [6.07, 6.45) is 5.32. The van der Waals surface area contributed by atoms with Gasteiger partial charge in [-0.1, -0.05) is 70.2 Å². The molecule has 2 saturated heterocycles. The molecule has 12 nitrogen and oxygen atoms in total. The van der Waals surface area contributed by atoms with E-state index in [0.717, 1.165) is 30.4 Å². The van der Waals surface area contributed by atoms with E-state index in [1.165, 1.54) is 19.1 Å². The molecule has 0 spiro atoms. The Balaban J connectivity index is 1.56. The first-order valence-electron chi connectivity index (χ1n) is 23.4. The Morgan fingerprint density at radius 1 is 0.952 bits per heavy atom. The zero-order valence-corrected chi connectivity index (χ0v) is 39.2. The molecule has 13 unspecified atom stereocenters. The molecule has 0 radical (unpaired) electrons. The summed E-state index contributed by atoms with van der Waals surface area (Å²) in [4.78, 5) is 58.6. The Hall–Kier alpha value is -3.33. The summed E-state index contributed by atoms with van der Waals surface area (Å²) in [5, 5.41) is 16.0. The van der Waals surface area contributed by atoms with Gasteiger partial charge in [0.1, 0.15) is 30.2 Å². The number of aliphatic hydroxyl groups is 1. The number of carbonyl (C=O) groups excluding carboxylic acids is 4. The number of methoxy groups -OCH3 is 3. The molecule has 1 amide bonds. The Morgan fingerprint density at radius 3 is 2.32 bits per heavy atom. The van der Waals surface area contributed by atoms with Gasteiger partial charge < -0.3 is 39.0 Å². The average molecular weight is 883 g/mol. The van der Waals surface area contributed by atoms with Crippen LogP contribution in [-0.4, -0.2) is 115 Å². The summed E-state index contributed by atoms with van der Waals surface area (Å²) < 4.78 is 46.6. The number of hydrogen-bond acceptors (Lipinski definition) is 11. The number of esters is 1. The summed E-state index contributed by atoms with van der Waals surface area (Å²) in [5.74, 6) is -7.82. The van der Waals surface area contributed by atoms with Gasteiger partial charge in [-0.2, -0.15) is 0 Å². The molecule has 13 atom stereocenters. The average Bonchev–Trinajstić information content (AvgIpc) is 3.29. The van der Waals surface area contributed by atoms with E-state index in [4.69, 9.17) is 23.7 Å². The lowest BCUT2D eigenvalue weighted by Gasteiger charge is -2.47. The van der Waals surface area contributed by atoms with E-state index in [1.807, 2.05) is 39.0 Å². The summed E-state index contributed by atoms with van der Waals surface area (Å²) in [6, 6.07) is 9.06. The quantitative estimate of drug-likeness (QED) is 0.145. The molecule has 2 bridgehead atoms. The van der Waals surface area contributed by atoms with Crippen molar-refractivity contribution in [2.24, 2.45) is 23.7 Å². The van der Waals surface area contributed by atoms with Crippen molar-refractivity contribution in [1.82, 2.24) is 10.2 Å². The third kappa shape index (κ3) is 12.1. The number of halogens is 1. The van der Waals surface area contributed by atoms with Crippen molar-refractivity contribution in [3.05, 3.63) is 59.2 Å². The van der Waals surface area contributed by atoms with E-state index in [2.05, 4.69) is 23.5 Å². The van der Waals surface area contributed by atoms with E-state index >= 15 is 4.39 Å². The molecule has 4 aliphatic rings. The molecule has 3 aliphatic heterocycles. The van der Waals surface area contributed by atoms with Gasteiger partial charge in [0.25, 0.3) is 11.7 Å². The maximum absolute atomic E-state index is 16.3. The van der Waals surface area contributed by atoms with E-state index in [9.17, 15) is 24.3 Å². The number of hydrogen-bond donors (Lipinski definition) is 2. The van der Waals surface area contributed by atoms with Crippen molar-refractivity contribution in [2.45, 2.75) is 179 Å². The molecule has 1 aromatic rings. The lowest BCUT2D eigenvalue weighted by atomic mass is 9.77. The number of Topliss-reactive ketones (excluding diaryl/α,β-unsaturated/α-hetero) is 2. The van der Waals surface area contributed by atoms with Crippen LogP contribution in [-0.2, 0) is 49.4 Å². The molecule has 1 aromatic carbocycles. The number of nitrogens with one attached hydrogen (secondary N) is 1. The van der Waals surface area contributed by atoms with Gasteiger partial charge in [0, 0.05) is 58.2 Å². The van der Waals surface area contributed by atoms with E-state index in [0.29, 0.717) is 44.2 Å². The van der Waals surface area contributed by atoms with Gasteiger partial charge in [-0.15, -0.1) is 0 Å². The molecule has 5 rings (SSSR count). The number of fused-ring (bicyclic) bond motifs is 3. The van der Waals surface area contributed by atoms with Gasteiger partial charge in [0.15, 0.2) is 0 Å². The smallest absolute Gasteiger partial charge is 0.329 e. The van der Waals surface area contributed by atoms with Gasteiger partial charge in [-0.25, -0.2) is 9.18 Å². The predicted molar refractivity (Wildman–Crippen MR) is 238 cm³/mol. The maximum Gasteiger partial charge on any atom is 0.329 e. The molecule has 3 heterocycles. The van der Waals surface area contributed by atoms with Gasteiger partial charge in [-0.05, 0) is 113 Å². The summed E-state index contributed by atoms with van der Waals surface area (Å²) >= 11 is 0. The highest BCUT2D eigenvalue weighted by Crippen LogP contribution is 2.40. The number of amides is 1. The zero-order chi connectivity index (χ0) is 46.1. The van der Waals surface area contributed by atoms with Gasteiger partial charge in [-0.3, -0.25) is 14.4 Å². The van der Waals surface area contributed by atoms with Crippen LogP contribution in [0.15, 0.2) is 53.6 Å². The lowest BCUT2D eigenvalue weighted by Crippen LogP contribution is -2.64. The molecule has 1 saturated carbocycles. The van der Waals surface area contributed by atoms with Crippen molar-refractivity contribution < 1.29 is 52.4 Å². The minimum absolute atomic E-state index is 0.0159. The monoisotopic (exact) mass is 883 g/mol. The number of allylic oxidation sites excluding steroid dienone is 2. The molecule has 13 heteroatoms. The van der Waals surface area contributed by atoms with Crippen LogP contribution < -0.4 is 5.32 Å². The third-order valence-corrected chi connectivity index (χ3v) is 14.4. The number of cyclic esters (lactones) is 1. The SMILES string of the molecule is CCC1/C=C(\C)C(F)C(C)CC(OC)C2OC(O)(C(=O)C(=O)N3CCCCC3C(=O)OC(C(C)=CC3(NCc4ccccc4)CCCC(OC)C3)C(C)CCC1=O)C(C)CC2OC. The van der Waals surface area contributed by atoms with E-state index < -0.39 is 83.4 Å². The van der Waals surface area contributed by atoms with Crippen LogP contribution in [0.5, 0.6) is 0 Å². The maximum atomic E-state index is 16.3. The highest BCUT2D eigenvalue weighted by atomic mass is 19.1. The number of ether oxygens (including phenoxy) is 5. The zero-order valence-electron chi connectivity index (χ0n) is 39.2.